The van der Waals surface area contributed by atoms with Crippen LogP contribution in [0, 0.1) is 0 Å². The fourth-order valence-electron chi connectivity index (χ4n) is 8.96. The lowest BCUT2D eigenvalue weighted by atomic mass is 9.99. The average molecular weight is 873 g/mol. The molecule has 0 fully saturated rings. The lowest BCUT2D eigenvalue weighted by Crippen LogP contribution is -2.00. The number of benzene rings is 9. The molecule has 8 nitrogen and oxygen atoms in total. The first-order valence-corrected chi connectivity index (χ1v) is 22.4. The Morgan fingerprint density at radius 1 is 0.191 bits per heavy atom. The summed E-state index contributed by atoms with van der Waals surface area (Å²) in [6.07, 6.45) is 0. The zero-order valence-electron chi connectivity index (χ0n) is 36.3. The van der Waals surface area contributed by atoms with E-state index in [0.29, 0.717) is 34.9 Å². The van der Waals surface area contributed by atoms with Gasteiger partial charge >= 0.3 is 0 Å². The minimum Gasteiger partial charge on any atom is -0.456 e. The van der Waals surface area contributed by atoms with Crippen molar-refractivity contribution in [2.45, 2.75) is 0 Å². The molecule has 8 heteroatoms. The van der Waals surface area contributed by atoms with E-state index in [2.05, 4.69) is 78.9 Å². The molecule has 13 rings (SSSR count). The maximum absolute atomic E-state index is 6.47. The molecule has 318 valence electrons. The molecule has 0 N–H and O–H groups in total. The number of hydrogen-bond acceptors (Lipinski definition) is 8. The summed E-state index contributed by atoms with van der Waals surface area (Å²) in [4.78, 5) is 29.7. The summed E-state index contributed by atoms with van der Waals surface area (Å²) in [5.74, 6) is 3.71. The first kappa shape index (κ1) is 39.0. The molecular weight excluding hydrogens is 837 g/mol. The van der Waals surface area contributed by atoms with Crippen molar-refractivity contribution in [3.05, 3.63) is 218 Å². The standard InChI is InChI=1S/C60H36N6O2/c1-5-15-37(16-6-1)55-61-56(38-17-7-2-8-18-38)64-59(63-55)45-25-13-23-41(31-45)43-27-29-51-47(33-43)49-35-50-48-34-44(28-30-52(48)68-54(50)36-53(49)67-51)42-24-14-26-46(32-42)60-65-57(39-19-9-3-10-20-39)62-58(66-60)40-21-11-4-12-22-40/h1-36H. The summed E-state index contributed by atoms with van der Waals surface area (Å²) in [5.41, 5.74) is 12.8. The van der Waals surface area contributed by atoms with E-state index in [9.17, 15) is 0 Å². The number of fused-ring (bicyclic) bond motifs is 6. The van der Waals surface area contributed by atoms with Crippen LogP contribution >= 0.6 is 0 Å². The second-order valence-corrected chi connectivity index (χ2v) is 16.7. The minimum atomic E-state index is 0.606. The molecule has 4 aromatic heterocycles. The van der Waals surface area contributed by atoms with Crippen LogP contribution in [-0.4, -0.2) is 29.9 Å². The highest BCUT2D eigenvalue weighted by molar-refractivity contribution is 6.16. The van der Waals surface area contributed by atoms with Crippen LogP contribution in [0.25, 0.3) is 134 Å². The molecule has 0 saturated carbocycles. The molecule has 0 bridgehead atoms. The molecule has 0 amide bonds. The van der Waals surface area contributed by atoms with E-state index in [-0.39, 0.29) is 0 Å². The predicted octanol–water partition coefficient (Wildman–Crippen LogP) is 15.2. The molecule has 0 spiro atoms. The Morgan fingerprint density at radius 2 is 0.471 bits per heavy atom. The van der Waals surface area contributed by atoms with Gasteiger partial charge in [-0.25, -0.2) is 29.9 Å². The highest BCUT2D eigenvalue weighted by Crippen LogP contribution is 2.40. The summed E-state index contributed by atoms with van der Waals surface area (Å²) >= 11 is 0. The largest absolute Gasteiger partial charge is 0.456 e. The maximum Gasteiger partial charge on any atom is 0.164 e. The third-order valence-electron chi connectivity index (χ3n) is 12.4. The number of nitrogens with zero attached hydrogens (tertiary/aromatic N) is 6. The van der Waals surface area contributed by atoms with Gasteiger partial charge in [-0.2, -0.15) is 0 Å². The average Bonchev–Trinajstić information content (AvgIpc) is 3.97. The third-order valence-corrected chi connectivity index (χ3v) is 12.4. The summed E-state index contributed by atoms with van der Waals surface area (Å²) in [6, 6.07) is 73.8. The quantitative estimate of drug-likeness (QED) is 0.149. The summed E-state index contributed by atoms with van der Waals surface area (Å²) < 4.78 is 12.9. The van der Waals surface area contributed by atoms with Gasteiger partial charge in [-0.05, 0) is 64.7 Å². The Kier molecular flexibility index (Phi) is 9.31. The van der Waals surface area contributed by atoms with Crippen LogP contribution in [0.3, 0.4) is 0 Å². The fraction of sp³-hybridized carbons (Fsp3) is 0. The van der Waals surface area contributed by atoms with Gasteiger partial charge < -0.3 is 8.83 Å². The van der Waals surface area contributed by atoms with Crippen molar-refractivity contribution < 1.29 is 8.83 Å². The first-order chi connectivity index (χ1) is 33.6. The highest BCUT2D eigenvalue weighted by atomic mass is 16.3. The van der Waals surface area contributed by atoms with E-state index in [1.54, 1.807) is 0 Å². The third kappa shape index (κ3) is 7.13. The molecule has 0 aliphatic rings. The van der Waals surface area contributed by atoms with Crippen molar-refractivity contribution >= 4 is 43.9 Å². The number of aromatic nitrogens is 6. The lowest BCUT2D eigenvalue weighted by Gasteiger charge is -2.10. The van der Waals surface area contributed by atoms with E-state index in [1.807, 2.05) is 140 Å². The first-order valence-electron chi connectivity index (χ1n) is 22.4. The monoisotopic (exact) mass is 872 g/mol. The molecule has 13 aromatic rings. The number of hydrogen-bond donors (Lipinski definition) is 0. The Balaban J connectivity index is 0.872. The van der Waals surface area contributed by atoms with Crippen LogP contribution < -0.4 is 0 Å². The number of rotatable bonds is 8. The SMILES string of the molecule is c1ccc(-c2nc(-c3ccccc3)nc(-c3cccc(-c4ccc5oc6cc7oc8ccc(-c9cccc(-c%10nc(-c%11ccccc%11)nc(-c%11ccccc%11)n%10)c9)cc8c7cc6c5c4)c3)n2)cc1. The van der Waals surface area contributed by atoms with Gasteiger partial charge in [0.1, 0.15) is 22.3 Å². The molecule has 9 aromatic carbocycles. The van der Waals surface area contributed by atoms with Crippen molar-refractivity contribution in [1.29, 1.82) is 0 Å². The second kappa shape index (κ2) is 16.2. The van der Waals surface area contributed by atoms with Gasteiger partial charge in [-0.15, -0.1) is 0 Å². The second-order valence-electron chi connectivity index (χ2n) is 16.7. The molecule has 0 radical (unpaired) electrons. The van der Waals surface area contributed by atoms with Gasteiger partial charge in [-0.1, -0.05) is 170 Å². The van der Waals surface area contributed by atoms with E-state index in [1.165, 1.54) is 0 Å². The number of furan rings is 2. The fourth-order valence-corrected chi connectivity index (χ4v) is 8.96. The van der Waals surface area contributed by atoms with Crippen molar-refractivity contribution in [3.8, 4) is 90.6 Å². The van der Waals surface area contributed by atoms with Crippen molar-refractivity contribution in [2.75, 3.05) is 0 Å². The van der Waals surface area contributed by atoms with Gasteiger partial charge in [0, 0.05) is 61.0 Å². The van der Waals surface area contributed by atoms with Crippen molar-refractivity contribution in [2.24, 2.45) is 0 Å². The molecule has 0 saturated heterocycles. The smallest absolute Gasteiger partial charge is 0.164 e. The molecule has 68 heavy (non-hydrogen) atoms. The normalized spacial score (nSPS) is 11.5. The van der Waals surface area contributed by atoms with Crippen molar-refractivity contribution in [3.63, 3.8) is 0 Å². The van der Waals surface area contributed by atoms with E-state index < -0.39 is 0 Å². The van der Waals surface area contributed by atoms with Crippen LogP contribution in [0.15, 0.2) is 227 Å². The summed E-state index contributed by atoms with van der Waals surface area (Å²) in [5, 5.41) is 4.05. The lowest BCUT2D eigenvalue weighted by molar-refractivity contribution is 0.656. The Morgan fingerprint density at radius 3 is 0.824 bits per heavy atom. The topological polar surface area (TPSA) is 104 Å². The Hall–Kier alpha value is -9.40. The van der Waals surface area contributed by atoms with Crippen LogP contribution in [-0.2, 0) is 0 Å². The molecule has 0 atom stereocenters. The zero-order chi connectivity index (χ0) is 45.0. The Labute approximate surface area is 390 Å². The zero-order valence-corrected chi connectivity index (χ0v) is 36.3. The van der Waals surface area contributed by atoms with Crippen LogP contribution in [0.5, 0.6) is 0 Å². The van der Waals surface area contributed by atoms with Gasteiger partial charge in [0.15, 0.2) is 34.9 Å². The van der Waals surface area contributed by atoms with Gasteiger partial charge in [0.2, 0.25) is 0 Å². The van der Waals surface area contributed by atoms with Crippen molar-refractivity contribution in [1.82, 2.24) is 29.9 Å². The predicted molar refractivity (Wildman–Crippen MR) is 271 cm³/mol. The highest BCUT2D eigenvalue weighted by Gasteiger charge is 2.18. The summed E-state index contributed by atoms with van der Waals surface area (Å²) in [7, 11) is 0. The molecule has 0 unspecified atom stereocenters. The van der Waals surface area contributed by atoms with E-state index in [0.717, 1.165) is 99.5 Å². The molecule has 0 aliphatic heterocycles. The molecule has 4 heterocycles. The Bertz CT molecular complexity index is 3650. The van der Waals surface area contributed by atoms with E-state index >= 15 is 0 Å². The maximum atomic E-state index is 6.47. The van der Waals surface area contributed by atoms with E-state index in [4.69, 9.17) is 38.7 Å². The van der Waals surface area contributed by atoms with Gasteiger partial charge in [-0.3, -0.25) is 0 Å². The van der Waals surface area contributed by atoms with Crippen LogP contribution in [0.2, 0.25) is 0 Å². The van der Waals surface area contributed by atoms with Crippen LogP contribution in [0.1, 0.15) is 0 Å². The minimum absolute atomic E-state index is 0.606. The molecular formula is C60H36N6O2. The van der Waals surface area contributed by atoms with Gasteiger partial charge in [0.05, 0.1) is 0 Å². The summed E-state index contributed by atoms with van der Waals surface area (Å²) in [6.45, 7) is 0. The van der Waals surface area contributed by atoms with Gasteiger partial charge in [0.25, 0.3) is 0 Å². The van der Waals surface area contributed by atoms with Crippen LogP contribution in [0.4, 0.5) is 0 Å². The molecule has 0 aliphatic carbocycles.